The van der Waals surface area contributed by atoms with Crippen LogP contribution in [-0.2, 0) is 11.3 Å². The van der Waals surface area contributed by atoms with Gasteiger partial charge in [-0.15, -0.1) is 0 Å². The number of aliphatic hydroxyl groups excluding tert-OH is 1. The zero-order valence-corrected chi connectivity index (χ0v) is 11.6. The first-order valence-electron chi connectivity index (χ1n) is 6.61. The summed E-state index contributed by atoms with van der Waals surface area (Å²) in [6.07, 6.45) is 0. The minimum Gasteiger partial charge on any atom is -0.409 e. The number of nitrogens with two attached hydrogens (primary N) is 1. The van der Waals surface area contributed by atoms with Crippen LogP contribution in [0.2, 0.25) is 0 Å². The summed E-state index contributed by atoms with van der Waals surface area (Å²) < 4.78 is 5.27. The highest BCUT2D eigenvalue weighted by molar-refractivity contribution is 6.03. The van der Waals surface area contributed by atoms with Gasteiger partial charge in [0.2, 0.25) is 0 Å². The van der Waals surface area contributed by atoms with Gasteiger partial charge < -0.3 is 20.8 Å². The highest BCUT2D eigenvalue weighted by Gasteiger charge is 2.08. The van der Waals surface area contributed by atoms with Crippen molar-refractivity contribution in [1.29, 1.82) is 0 Å². The maximum Gasteiger partial charge on any atom is 0.170 e. The van der Waals surface area contributed by atoms with E-state index in [4.69, 9.17) is 20.8 Å². The summed E-state index contributed by atoms with van der Waals surface area (Å²) in [6, 6.07) is 15.3. The van der Waals surface area contributed by atoms with Gasteiger partial charge in [-0.1, -0.05) is 53.7 Å². The molecule has 5 heteroatoms. The second-order valence-corrected chi connectivity index (χ2v) is 4.50. The molecule has 0 amide bonds. The molecule has 0 fully saturated rings. The second-order valence-electron chi connectivity index (χ2n) is 4.50. The number of rotatable bonds is 6. The van der Waals surface area contributed by atoms with Crippen LogP contribution in [0.4, 0.5) is 0 Å². The molecule has 0 heterocycles. The maximum absolute atomic E-state index is 8.85. The van der Waals surface area contributed by atoms with Crippen molar-refractivity contribution in [3.05, 3.63) is 59.7 Å². The molecule has 2 rings (SSSR count). The van der Waals surface area contributed by atoms with Gasteiger partial charge in [0.05, 0.1) is 19.8 Å². The van der Waals surface area contributed by atoms with E-state index >= 15 is 0 Å². The Kier molecular flexibility index (Phi) is 5.31. The summed E-state index contributed by atoms with van der Waals surface area (Å²) in [5.74, 6) is 0.0842. The Bertz CT molecular complexity index is 609. The Balaban J connectivity index is 2.23. The van der Waals surface area contributed by atoms with Gasteiger partial charge >= 0.3 is 0 Å². The van der Waals surface area contributed by atoms with Gasteiger partial charge in [-0.05, 0) is 16.7 Å². The lowest BCUT2D eigenvalue weighted by molar-refractivity contribution is 0.0815. The molecule has 5 nitrogen and oxygen atoms in total. The van der Waals surface area contributed by atoms with E-state index in [0.717, 1.165) is 16.7 Å². The molecule has 0 aromatic heterocycles. The van der Waals surface area contributed by atoms with Gasteiger partial charge in [0.25, 0.3) is 0 Å². The van der Waals surface area contributed by atoms with E-state index in [9.17, 15) is 0 Å². The van der Waals surface area contributed by atoms with Crippen molar-refractivity contribution in [3.63, 3.8) is 0 Å². The molecule has 2 aromatic rings. The van der Waals surface area contributed by atoms with Crippen molar-refractivity contribution >= 4 is 5.84 Å². The summed E-state index contributed by atoms with van der Waals surface area (Å²) in [5.41, 5.74) is 9.28. The second kappa shape index (κ2) is 7.42. The van der Waals surface area contributed by atoms with Crippen LogP contribution in [0.25, 0.3) is 11.1 Å². The van der Waals surface area contributed by atoms with E-state index in [-0.39, 0.29) is 12.4 Å². The topological polar surface area (TPSA) is 88.1 Å². The van der Waals surface area contributed by atoms with E-state index in [0.29, 0.717) is 18.8 Å². The minimum absolute atomic E-state index is 0.0191. The first kappa shape index (κ1) is 15.0. The number of hydrogen-bond acceptors (Lipinski definition) is 4. The van der Waals surface area contributed by atoms with Crippen molar-refractivity contribution in [1.82, 2.24) is 0 Å². The van der Waals surface area contributed by atoms with E-state index in [2.05, 4.69) is 5.16 Å². The molecule has 21 heavy (non-hydrogen) atoms. The Hall–Kier alpha value is -2.37. The quantitative estimate of drug-likeness (QED) is 0.249. The summed E-state index contributed by atoms with van der Waals surface area (Å²) in [6.45, 7) is 0.808. The number of ether oxygens (including phenoxy) is 1. The molecule has 0 spiro atoms. The molecular weight excluding hydrogens is 268 g/mol. The van der Waals surface area contributed by atoms with Crippen LogP contribution < -0.4 is 5.73 Å². The molecule has 0 bridgehead atoms. The third-order valence-corrected chi connectivity index (χ3v) is 3.08. The molecular formula is C16H18N2O3. The first-order valence-corrected chi connectivity index (χ1v) is 6.61. The van der Waals surface area contributed by atoms with Crippen LogP contribution in [0.5, 0.6) is 0 Å². The van der Waals surface area contributed by atoms with Gasteiger partial charge in [-0.2, -0.15) is 0 Å². The molecule has 0 saturated carbocycles. The maximum atomic E-state index is 8.85. The van der Waals surface area contributed by atoms with E-state index in [1.54, 1.807) is 0 Å². The SMILES string of the molecule is N/C(=N\O)c1ccccc1-c1ccc(COCCO)cc1. The molecule has 0 saturated heterocycles. The zero-order chi connectivity index (χ0) is 15.1. The Morgan fingerprint density at radius 1 is 1.10 bits per heavy atom. The van der Waals surface area contributed by atoms with Crippen LogP contribution in [0.1, 0.15) is 11.1 Å². The van der Waals surface area contributed by atoms with Crippen molar-refractivity contribution in [2.24, 2.45) is 10.9 Å². The van der Waals surface area contributed by atoms with Crippen molar-refractivity contribution < 1.29 is 15.1 Å². The molecule has 0 aliphatic rings. The third kappa shape index (κ3) is 3.81. The van der Waals surface area contributed by atoms with Crippen LogP contribution in [0.3, 0.4) is 0 Å². The summed E-state index contributed by atoms with van der Waals surface area (Å²) >= 11 is 0. The third-order valence-electron chi connectivity index (χ3n) is 3.08. The number of benzene rings is 2. The molecule has 0 unspecified atom stereocenters. The van der Waals surface area contributed by atoms with Gasteiger partial charge in [0.15, 0.2) is 5.84 Å². The molecule has 2 aromatic carbocycles. The average Bonchev–Trinajstić information content (AvgIpc) is 2.55. The number of oxime groups is 1. The Labute approximate surface area is 123 Å². The monoisotopic (exact) mass is 286 g/mol. The van der Waals surface area contributed by atoms with E-state index in [1.807, 2.05) is 48.5 Å². The molecule has 0 aliphatic heterocycles. The minimum atomic E-state index is 0.0191. The van der Waals surface area contributed by atoms with Gasteiger partial charge in [-0.3, -0.25) is 0 Å². The van der Waals surface area contributed by atoms with Crippen molar-refractivity contribution in [2.75, 3.05) is 13.2 Å². The van der Waals surface area contributed by atoms with Crippen LogP contribution in [0, 0.1) is 0 Å². The summed E-state index contributed by atoms with van der Waals surface area (Å²) in [7, 11) is 0. The first-order chi connectivity index (χ1) is 10.3. The van der Waals surface area contributed by atoms with E-state index in [1.165, 1.54) is 0 Å². The molecule has 0 radical (unpaired) electrons. The number of nitrogens with zero attached hydrogens (tertiary/aromatic N) is 1. The Morgan fingerprint density at radius 3 is 2.48 bits per heavy atom. The smallest absolute Gasteiger partial charge is 0.170 e. The molecule has 0 atom stereocenters. The molecule has 4 N–H and O–H groups in total. The fourth-order valence-corrected chi connectivity index (χ4v) is 2.05. The number of amidine groups is 1. The lowest BCUT2D eigenvalue weighted by atomic mass is 9.98. The van der Waals surface area contributed by atoms with Gasteiger partial charge in [0, 0.05) is 5.56 Å². The van der Waals surface area contributed by atoms with Crippen molar-refractivity contribution in [2.45, 2.75) is 6.61 Å². The van der Waals surface area contributed by atoms with Crippen LogP contribution in [0.15, 0.2) is 53.7 Å². The predicted octanol–water partition coefficient (Wildman–Crippen LogP) is 1.96. The zero-order valence-electron chi connectivity index (χ0n) is 11.6. The Morgan fingerprint density at radius 2 is 1.81 bits per heavy atom. The highest BCUT2D eigenvalue weighted by atomic mass is 16.5. The largest absolute Gasteiger partial charge is 0.409 e. The fraction of sp³-hybridized carbons (Fsp3) is 0.188. The van der Waals surface area contributed by atoms with Gasteiger partial charge in [0.1, 0.15) is 0 Å². The van der Waals surface area contributed by atoms with Gasteiger partial charge in [-0.25, -0.2) is 0 Å². The number of hydrogen-bond donors (Lipinski definition) is 3. The standard InChI is InChI=1S/C16H18N2O3/c17-16(18-20)15-4-2-1-3-14(15)13-7-5-12(6-8-13)11-21-10-9-19/h1-8,19-20H,9-11H2,(H2,17,18). The van der Waals surface area contributed by atoms with Crippen LogP contribution >= 0.6 is 0 Å². The molecule has 0 aliphatic carbocycles. The predicted molar refractivity (Wildman–Crippen MR) is 81.1 cm³/mol. The lowest BCUT2D eigenvalue weighted by Gasteiger charge is -2.09. The fourth-order valence-electron chi connectivity index (χ4n) is 2.05. The summed E-state index contributed by atoms with van der Waals surface area (Å²) in [4.78, 5) is 0. The van der Waals surface area contributed by atoms with Crippen LogP contribution in [-0.4, -0.2) is 29.4 Å². The number of aliphatic hydroxyl groups is 1. The lowest BCUT2D eigenvalue weighted by Crippen LogP contribution is -2.14. The summed E-state index contributed by atoms with van der Waals surface area (Å²) in [5, 5.41) is 20.6. The average molecular weight is 286 g/mol. The molecule has 110 valence electrons. The van der Waals surface area contributed by atoms with E-state index < -0.39 is 0 Å². The van der Waals surface area contributed by atoms with Crippen molar-refractivity contribution in [3.8, 4) is 11.1 Å². The normalized spacial score (nSPS) is 11.6. The highest BCUT2D eigenvalue weighted by Crippen LogP contribution is 2.24.